The first kappa shape index (κ1) is 22.3. The number of anilines is 1. The van der Waals surface area contributed by atoms with Crippen LogP contribution in [0.15, 0.2) is 47.5 Å². The highest BCUT2D eigenvalue weighted by Crippen LogP contribution is 2.36. The van der Waals surface area contributed by atoms with Crippen LogP contribution in [0.1, 0.15) is 24.0 Å². The molecule has 33 heavy (non-hydrogen) atoms. The van der Waals surface area contributed by atoms with Gasteiger partial charge < -0.3 is 4.74 Å². The van der Waals surface area contributed by atoms with Crippen LogP contribution in [0.5, 0.6) is 0 Å². The van der Waals surface area contributed by atoms with Gasteiger partial charge in [0.05, 0.1) is 17.4 Å². The zero-order valence-electron chi connectivity index (χ0n) is 17.8. The number of rotatable bonds is 4. The van der Waals surface area contributed by atoms with Crippen LogP contribution in [0.3, 0.4) is 0 Å². The number of benzene rings is 2. The lowest BCUT2D eigenvalue weighted by Gasteiger charge is -2.39. The predicted molar refractivity (Wildman–Crippen MR) is 126 cm³/mol. The lowest BCUT2D eigenvalue weighted by atomic mass is 10.0. The molecule has 1 saturated heterocycles. The number of aryl methyl sites for hydroxylation is 1. The summed E-state index contributed by atoms with van der Waals surface area (Å²) in [6, 6.07) is 12.8. The van der Waals surface area contributed by atoms with Crippen LogP contribution in [0.25, 0.3) is 11.3 Å². The largest absolute Gasteiger partial charge is 0.444 e. The Morgan fingerprint density at radius 3 is 2.64 bits per heavy atom. The molecule has 2 aliphatic heterocycles. The fourth-order valence-electron chi connectivity index (χ4n) is 4.34. The van der Waals surface area contributed by atoms with Crippen molar-refractivity contribution in [3.8, 4) is 11.3 Å². The number of hydrogen-bond donors (Lipinski definition) is 0. The summed E-state index contributed by atoms with van der Waals surface area (Å²) in [6.07, 6.45) is 0.506. The van der Waals surface area contributed by atoms with Gasteiger partial charge in [-0.2, -0.15) is 13.1 Å². The smallest absolute Gasteiger partial charge is 0.414 e. The number of aromatic nitrogens is 2. The van der Waals surface area contributed by atoms with Crippen molar-refractivity contribution in [1.82, 2.24) is 13.1 Å². The summed E-state index contributed by atoms with van der Waals surface area (Å²) in [4.78, 5) is 14.2. The standard InChI is InChI=1S/C22H21ClN4O4S2/c1-14-4-2-5-15(12-14)20-21(25-32-24-20)33(29,30)26-10-8-16(9-11-26)27-19-7-3-6-18(23)17(19)13-31-22(27)28/h2-7,12,16H,8-11,13H2,1H3. The summed E-state index contributed by atoms with van der Waals surface area (Å²) in [7, 11) is -3.83. The summed E-state index contributed by atoms with van der Waals surface area (Å²) in [5, 5.41) is 0.524. The molecular formula is C22H21ClN4O4S2. The minimum Gasteiger partial charge on any atom is -0.444 e. The van der Waals surface area contributed by atoms with Gasteiger partial charge >= 0.3 is 6.09 Å². The summed E-state index contributed by atoms with van der Waals surface area (Å²) < 4.78 is 42.0. The summed E-state index contributed by atoms with van der Waals surface area (Å²) in [5.74, 6) is 0. The molecule has 3 heterocycles. The predicted octanol–water partition coefficient (Wildman–Crippen LogP) is 4.48. The Balaban J connectivity index is 1.37. The Morgan fingerprint density at radius 2 is 1.88 bits per heavy atom. The molecule has 0 radical (unpaired) electrons. The first-order valence-electron chi connectivity index (χ1n) is 10.5. The minimum atomic E-state index is -3.83. The van der Waals surface area contributed by atoms with Crippen molar-refractivity contribution in [3.05, 3.63) is 58.6 Å². The van der Waals surface area contributed by atoms with Gasteiger partial charge in [0.25, 0.3) is 10.0 Å². The van der Waals surface area contributed by atoms with E-state index >= 15 is 0 Å². The molecule has 2 aromatic carbocycles. The molecule has 5 rings (SSSR count). The van der Waals surface area contributed by atoms with E-state index in [1.54, 1.807) is 17.0 Å². The SMILES string of the molecule is Cc1cccc(-c2nsnc2S(=O)(=O)N2CCC(N3C(=O)OCc4c(Cl)cccc43)CC2)c1. The molecule has 1 aromatic heterocycles. The van der Waals surface area contributed by atoms with Gasteiger partial charge in [0.15, 0.2) is 0 Å². The third-order valence-corrected chi connectivity index (χ3v) is 8.83. The van der Waals surface area contributed by atoms with Crippen molar-refractivity contribution in [2.24, 2.45) is 0 Å². The Hall–Kier alpha value is -2.53. The van der Waals surface area contributed by atoms with Crippen LogP contribution in [0, 0.1) is 6.92 Å². The van der Waals surface area contributed by atoms with Gasteiger partial charge in [0, 0.05) is 35.3 Å². The average molecular weight is 505 g/mol. The van der Waals surface area contributed by atoms with Crippen molar-refractivity contribution in [2.45, 2.75) is 37.4 Å². The number of fused-ring (bicyclic) bond motifs is 1. The molecule has 0 bridgehead atoms. The highest BCUT2D eigenvalue weighted by molar-refractivity contribution is 7.89. The Labute approximate surface area is 201 Å². The Morgan fingerprint density at radius 1 is 1.12 bits per heavy atom. The molecule has 0 N–H and O–H groups in total. The van der Waals surface area contributed by atoms with Crippen molar-refractivity contribution in [2.75, 3.05) is 18.0 Å². The number of carbonyl (C=O) groups excluding carboxylic acids is 1. The van der Waals surface area contributed by atoms with Crippen LogP contribution in [-0.4, -0.2) is 46.7 Å². The highest BCUT2D eigenvalue weighted by atomic mass is 35.5. The van der Waals surface area contributed by atoms with E-state index in [4.69, 9.17) is 16.3 Å². The zero-order valence-corrected chi connectivity index (χ0v) is 20.2. The summed E-state index contributed by atoms with van der Waals surface area (Å²) in [6.45, 7) is 2.60. The van der Waals surface area contributed by atoms with E-state index < -0.39 is 16.1 Å². The maximum atomic E-state index is 13.4. The van der Waals surface area contributed by atoms with Gasteiger partial charge in [-0.1, -0.05) is 41.4 Å². The van der Waals surface area contributed by atoms with Gasteiger partial charge in [0.1, 0.15) is 12.3 Å². The molecule has 172 valence electrons. The second-order valence-electron chi connectivity index (χ2n) is 8.08. The maximum Gasteiger partial charge on any atom is 0.414 e. The van der Waals surface area contributed by atoms with E-state index in [2.05, 4.69) is 8.75 Å². The molecule has 1 fully saturated rings. The number of sulfonamides is 1. The number of carbonyl (C=O) groups is 1. The van der Waals surface area contributed by atoms with E-state index in [1.165, 1.54) is 4.31 Å². The van der Waals surface area contributed by atoms with E-state index in [0.29, 0.717) is 23.6 Å². The van der Waals surface area contributed by atoms with Crippen molar-refractivity contribution in [3.63, 3.8) is 0 Å². The lowest BCUT2D eigenvalue weighted by molar-refractivity contribution is 0.136. The first-order valence-corrected chi connectivity index (χ1v) is 13.0. The quantitative estimate of drug-likeness (QED) is 0.520. The number of halogens is 1. The van der Waals surface area contributed by atoms with Crippen LogP contribution < -0.4 is 4.90 Å². The maximum absolute atomic E-state index is 13.4. The van der Waals surface area contributed by atoms with Crippen molar-refractivity contribution in [1.29, 1.82) is 0 Å². The van der Waals surface area contributed by atoms with Gasteiger partial charge in [-0.3, -0.25) is 4.90 Å². The molecule has 0 aliphatic carbocycles. The Kier molecular flexibility index (Phi) is 5.86. The molecule has 8 nitrogen and oxygen atoms in total. The third kappa shape index (κ3) is 4.01. The second kappa shape index (κ2) is 8.68. The monoisotopic (exact) mass is 504 g/mol. The van der Waals surface area contributed by atoms with Gasteiger partial charge in [-0.15, -0.1) is 0 Å². The van der Waals surface area contributed by atoms with Crippen LogP contribution in [0.4, 0.5) is 10.5 Å². The topological polar surface area (TPSA) is 92.7 Å². The van der Waals surface area contributed by atoms with Gasteiger partial charge in [-0.05, 0) is 38.0 Å². The molecule has 0 unspecified atom stereocenters. The number of ether oxygens (including phenoxy) is 1. The van der Waals surface area contributed by atoms with Crippen LogP contribution >= 0.6 is 23.3 Å². The summed E-state index contributed by atoms with van der Waals surface area (Å²) in [5.41, 5.74) is 3.60. The second-order valence-corrected chi connectivity index (χ2v) is 10.9. The molecule has 0 spiro atoms. The number of piperidine rings is 1. The first-order chi connectivity index (χ1) is 15.9. The van der Waals surface area contributed by atoms with E-state index in [9.17, 15) is 13.2 Å². The van der Waals surface area contributed by atoms with Gasteiger partial charge in [0.2, 0.25) is 5.03 Å². The molecule has 3 aromatic rings. The number of hydrogen-bond acceptors (Lipinski definition) is 7. The molecular weight excluding hydrogens is 484 g/mol. The van der Waals surface area contributed by atoms with Crippen LogP contribution in [-0.2, 0) is 21.4 Å². The zero-order chi connectivity index (χ0) is 23.2. The fraction of sp³-hybridized carbons (Fsp3) is 0.318. The summed E-state index contributed by atoms with van der Waals surface area (Å²) >= 11 is 7.18. The number of cyclic esters (lactones) is 1. The molecule has 0 saturated carbocycles. The van der Waals surface area contributed by atoms with E-state index in [0.717, 1.165) is 34.1 Å². The number of amides is 1. The van der Waals surface area contributed by atoms with Crippen molar-refractivity contribution < 1.29 is 17.9 Å². The lowest BCUT2D eigenvalue weighted by Crippen LogP contribution is -2.50. The normalized spacial score (nSPS) is 17.6. The number of nitrogens with zero attached hydrogens (tertiary/aromatic N) is 4. The van der Waals surface area contributed by atoms with E-state index in [-0.39, 0.29) is 30.8 Å². The Bertz CT molecular complexity index is 1320. The minimum absolute atomic E-state index is 0.0222. The van der Waals surface area contributed by atoms with Gasteiger partial charge in [-0.25, -0.2) is 13.2 Å². The van der Waals surface area contributed by atoms with Crippen LogP contribution in [0.2, 0.25) is 5.02 Å². The molecule has 0 atom stereocenters. The van der Waals surface area contributed by atoms with E-state index in [1.807, 2.05) is 37.3 Å². The average Bonchev–Trinajstić information content (AvgIpc) is 3.30. The fourth-order valence-corrected chi connectivity index (χ4v) is 6.92. The highest BCUT2D eigenvalue weighted by Gasteiger charge is 2.39. The molecule has 1 amide bonds. The third-order valence-electron chi connectivity index (χ3n) is 6.01. The molecule has 11 heteroatoms. The van der Waals surface area contributed by atoms with Crippen molar-refractivity contribution >= 4 is 45.1 Å². The molecule has 2 aliphatic rings.